The molecule has 1 N–H and O–H groups in total. The zero-order chi connectivity index (χ0) is 11.3. The molecule has 5 nitrogen and oxygen atoms in total. The number of pyridine rings is 1. The summed E-state index contributed by atoms with van der Waals surface area (Å²) in [4.78, 5) is 25.6. The maximum atomic E-state index is 11.2. The zero-order valence-electron chi connectivity index (χ0n) is 7.85. The summed E-state index contributed by atoms with van der Waals surface area (Å²) in [6.07, 6.45) is 1.48. The van der Waals surface area contributed by atoms with Gasteiger partial charge in [-0.3, -0.25) is 14.9 Å². The zero-order valence-corrected chi connectivity index (χ0v) is 8.67. The average Bonchev–Trinajstić information content (AvgIpc) is 2.17. The highest BCUT2D eigenvalue weighted by Crippen LogP contribution is 2.19. The van der Waals surface area contributed by atoms with Crippen molar-refractivity contribution in [2.24, 2.45) is 0 Å². The van der Waals surface area contributed by atoms with Crippen LogP contribution >= 0.6 is 11.8 Å². The number of aromatic nitrogens is 1. The van der Waals surface area contributed by atoms with Crippen molar-refractivity contribution in [3.05, 3.63) is 23.9 Å². The van der Waals surface area contributed by atoms with E-state index < -0.39 is 11.1 Å². The Hall–Kier alpha value is -1.87. The molecule has 15 heavy (non-hydrogen) atoms. The molecule has 0 fully saturated rings. The number of carbonyl (C=O) groups excluding carboxylic acids is 2. The number of nitriles is 1. The van der Waals surface area contributed by atoms with E-state index in [0.717, 1.165) is 11.8 Å². The lowest BCUT2D eigenvalue weighted by atomic mass is 10.3. The Bertz CT molecular complexity index is 439. The van der Waals surface area contributed by atoms with Crippen LogP contribution in [0.15, 0.2) is 23.4 Å². The fraction of sp³-hybridized carbons (Fsp3) is 0.111. The van der Waals surface area contributed by atoms with Gasteiger partial charge in [0.15, 0.2) is 0 Å². The van der Waals surface area contributed by atoms with Crippen LogP contribution in [-0.4, -0.2) is 16.1 Å². The molecule has 0 saturated carbocycles. The van der Waals surface area contributed by atoms with Gasteiger partial charge in [0.2, 0.25) is 5.91 Å². The van der Waals surface area contributed by atoms with E-state index in [-0.39, 0.29) is 0 Å². The molecule has 0 aliphatic heterocycles. The van der Waals surface area contributed by atoms with Crippen molar-refractivity contribution in [2.45, 2.75) is 11.9 Å². The predicted octanol–water partition coefficient (Wildman–Crippen LogP) is 1.30. The van der Waals surface area contributed by atoms with Crippen LogP contribution in [-0.2, 0) is 4.79 Å². The molecule has 76 valence electrons. The maximum Gasteiger partial charge on any atom is 0.291 e. The van der Waals surface area contributed by atoms with Gasteiger partial charge in [0, 0.05) is 13.1 Å². The molecule has 2 amide bonds. The number of nitrogens with one attached hydrogen (secondary N) is 1. The van der Waals surface area contributed by atoms with E-state index in [1.165, 1.54) is 13.1 Å². The monoisotopic (exact) mass is 221 g/mol. The van der Waals surface area contributed by atoms with Gasteiger partial charge in [0.25, 0.3) is 5.24 Å². The first kappa shape index (κ1) is 11.2. The van der Waals surface area contributed by atoms with Crippen LogP contribution in [0.4, 0.5) is 4.79 Å². The molecule has 0 atom stereocenters. The van der Waals surface area contributed by atoms with Crippen molar-refractivity contribution in [2.75, 3.05) is 0 Å². The fourth-order valence-corrected chi connectivity index (χ4v) is 1.52. The van der Waals surface area contributed by atoms with Crippen LogP contribution < -0.4 is 5.32 Å². The summed E-state index contributed by atoms with van der Waals surface area (Å²) in [6.45, 7) is 1.24. The van der Waals surface area contributed by atoms with Crippen molar-refractivity contribution < 1.29 is 9.59 Å². The summed E-state index contributed by atoms with van der Waals surface area (Å²) in [7, 11) is 0. The second kappa shape index (κ2) is 5.12. The molecule has 0 spiro atoms. The fourth-order valence-electron chi connectivity index (χ4n) is 0.814. The maximum absolute atomic E-state index is 11.2. The summed E-state index contributed by atoms with van der Waals surface area (Å²) in [5.41, 5.74) is 0.307. The number of amides is 2. The molecule has 0 bridgehead atoms. The van der Waals surface area contributed by atoms with Gasteiger partial charge >= 0.3 is 0 Å². The average molecular weight is 221 g/mol. The van der Waals surface area contributed by atoms with Gasteiger partial charge in [-0.2, -0.15) is 5.26 Å². The lowest BCUT2D eigenvalue weighted by Gasteiger charge is -2.00. The van der Waals surface area contributed by atoms with Gasteiger partial charge in [-0.15, -0.1) is 0 Å². The molecule has 1 aromatic rings. The molecule has 0 radical (unpaired) electrons. The predicted molar refractivity (Wildman–Crippen MR) is 54.0 cm³/mol. The van der Waals surface area contributed by atoms with Crippen LogP contribution in [0.5, 0.6) is 0 Å². The van der Waals surface area contributed by atoms with E-state index in [1.807, 2.05) is 6.07 Å². The van der Waals surface area contributed by atoms with Gasteiger partial charge in [-0.1, -0.05) is 0 Å². The summed E-state index contributed by atoms with van der Waals surface area (Å²) in [6, 6.07) is 5.06. The molecule has 0 saturated heterocycles. The molecule has 6 heteroatoms. The molecule has 0 aliphatic carbocycles. The van der Waals surface area contributed by atoms with E-state index in [9.17, 15) is 9.59 Å². The van der Waals surface area contributed by atoms with E-state index in [2.05, 4.69) is 10.3 Å². The van der Waals surface area contributed by atoms with Gasteiger partial charge in [0.05, 0.1) is 5.56 Å². The minimum atomic E-state index is -0.544. The first-order valence-electron chi connectivity index (χ1n) is 3.98. The lowest BCUT2D eigenvalue weighted by Crippen LogP contribution is -2.23. The number of carbonyl (C=O) groups is 2. The summed E-state index contributed by atoms with van der Waals surface area (Å²) < 4.78 is 0. The van der Waals surface area contributed by atoms with Gasteiger partial charge in [0.1, 0.15) is 11.1 Å². The van der Waals surface area contributed by atoms with Crippen molar-refractivity contribution in [3.63, 3.8) is 0 Å². The summed E-state index contributed by atoms with van der Waals surface area (Å²) in [5.74, 6) is -0.443. The minimum Gasteiger partial charge on any atom is -0.287 e. The van der Waals surface area contributed by atoms with Crippen LogP contribution in [0.1, 0.15) is 12.5 Å². The first-order valence-corrected chi connectivity index (χ1v) is 4.79. The van der Waals surface area contributed by atoms with Gasteiger partial charge in [-0.25, -0.2) is 4.98 Å². The minimum absolute atomic E-state index is 0.291. The molecule has 1 aromatic heterocycles. The van der Waals surface area contributed by atoms with Crippen LogP contribution in [0, 0.1) is 11.3 Å². The molecule has 0 aliphatic rings. The molecule has 1 heterocycles. The SMILES string of the molecule is CC(=O)NC(=O)Sc1ncccc1C#N. The Morgan fingerprint density at radius 3 is 2.93 bits per heavy atom. The number of nitrogens with zero attached hydrogens (tertiary/aromatic N) is 2. The normalized spacial score (nSPS) is 9.07. The Morgan fingerprint density at radius 1 is 1.60 bits per heavy atom. The smallest absolute Gasteiger partial charge is 0.287 e. The highest BCUT2D eigenvalue weighted by atomic mass is 32.2. The van der Waals surface area contributed by atoms with Crippen molar-refractivity contribution in [1.82, 2.24) is 10.3 Å². The quantitative estimate of drug-likeness (QED) is 0.723. The van der Waals surface area contributed by atoms with Crippen molar-refractivity contribution in [3.8, 4) is 6.07 Å². The number of thioether (sulfide) groups is 1. The van der Waals surface area contributed by atoms with Crippen molar-refractivity contribution in [1.29, 1.82) is 5.26 Å². The van der Waals surface area contributed by atoms with Crippen LogP contribution in [0.3, 0.4) is 0 Å². The Morgan fingerprint density at radius 2 is 2.33 bits per heavy atom. The van der Waals surface area contributed by atoms with E-state index in [0.29, 0.717) is 10.6 Å². The molecule has 1 rings (SSSR count). The Labute approximate surface area is 90.5 Å². The second-order valence-corrected chi connectivity index (χ2v) is 3.50. The molecule has 0 aromatic carbocycles. The molecule has 0 unspecified atom stereocenters. The van der Waals surface area contributed by atoms with Crippen LogP contribution in [0.25, 0.3) is 0 Å². The number of hydrogen-bond acceptors (Lipinski definition) is 5. The first-order chi connectivity index (χ1) is 7.13. The van der Waals surface area contributed by atoms with Gasteiger partial charge < -0.3 is 0 Å². The van der Waals surface area contributed by atoms with E-state index >= 15 is 0 Å². The summed E-state index contributed by atoms with van der Waals surface area (Å²) >= 11 is 0.719. The highest BCUT2D eigenvalue weighted by molar-refractivity contribution is 8.13. The van der Waals surface area contributed by atoms with Crippen molar-refractivity contribution >= 4 is 22.9 Å². The lowest BCUT2D eigenvalue weighted by molar-refractivity contribution is -0.117. The van der Waals surface area contributed by atoms with Crippen LogP contribution in [0.2, 0.25) is 0 Å². The van der Waals surface area contributed by atoms with E-state index in [4.69, 9.17) is 5.26 Å². The third kappa shape index (κ3) is 3.40. The third-order valence-corrected chi connectivity index (χ3v) is 2.17. The molecular weight excluding hydrogens is 214 g/mol. The number of rotatable bonds is 1. The largest absolute Gasteiger partial charge is 0.291 e. The molecular formula is C9H7N3O2S. The topological polar surface area (TPSA) is 82.8 Å². The van der Waals surface area contributed by atoms with E-state index in [1.54, 1.807) is 12.1 Å². The standard InChI is InChI=1S/C9H7N3O2S/c1-6(13)12-9(14)15-8-7(5-10)3-2-4-11-8/h2-4H,1H3,(H,12,13,14). The number of imide groups is 1. The van der Waals surface area contributed by atoms with Gasteiger partial charge in [-0.05, 0) is 23.9 Å². The Kier molecular flexibility index (Phi) is 3.83. The second-order valence-electron chi connectivity index (χ2n) is 2.54. The summed E-state index contributed by atoms with van der Waals surface area (Å²) in [5, 5.41) is 10.5. The Balaban J connectivity index is 2.77. The number of hydrogen-bond donors (Lipinski definition) is 1. The highest BCUT2D eigenvalue weighted by Gasteiger charge is 2.10. The third-order valence-electron chi connectivity index (χ3n) is 1.36.